The van der Waals surface area contributed by atoms with Gasteiger partial charge in [-0.25, -0.2) is 33.9 Å². The average molecular weight is 825 g/mol. The molecule has 2 aliphatic rings. The van der Waals surface area contributed by atoms with Crippen LogP contribution in [0.4, 0.5) is 22.9 Å². The number of hydrogen-bond donors (Lipinski definition) is 1. The number of hydrogen-bond acceptors (Lipinski definition) is 11. The van der Waals surface area contributed by atoms with Crippen molar-refractivity contribution >= 4 is 52.9 Å². The van der Waals surface area contributed by atoms with Gasteiger partial charge in [-0.1, -0.05) is 71.8 Å². The van der Waals surface area contributed by atoms with Crippen molar-refractivity contribution in [3.05, 3.63) is 150 Å². The van der Waals surface area contributed by atoms with E-state index in [0.717, 1.165) is 11.1 Å². The second-order valence-electron chi connectivity index (χ2n) is 13.4. The average Bonchev–Trinajstić information content (AvgIpc) is 3.20. The van der Waals surface area contributed by atoms with Gasteiger partial charge in [-0.05, 0) is 74.5 Å². The number of ether oxygens (including phenoxy) is 2. The highest BCUT2D eigenvalue weighted by Gasteiger charge is 2.54. The third-order valence-electron chi connectivity index (χ3n) is 9.79. The van der Waals surface area contributed by atoms with E-state index in [2.05, 4.69) is 14.7 Å². The molecule has 0 radical (unpaired) electrons. The Morgan fingerprint density at radius 2 is 1.02 bits per heavy atom. The van der Waals surface area contributed by atoms with Gasteiger partial charge in [-0.3, -0.25) is 4.72 Å². The smallest absolute Gasteiger partial charge is 0.321 e. The summed E-state index contributed by atoms with van der Waals surface area (Å²) in [6, 6.07) is 33.6. The Balaban J connectivity index is 1.33. The summed E-state index contributed by atoms with van der Waals surface area (Å²) in [6.07, 6.45) is -2.25. The molecule has 14 nitrogen and oxygen atoms in total. The molecule has 2 atom stereocenters. The number of fused-ring (bicyclic) bond motifs is 6. The first-order valence-electron chi connectivity index (χ1n) is 17.5. The maximum atomic E-state index is 15.0. The Hall–Kier alpha value is -6.17. The van der Waals surface area contributed by atoms with Gasteiger partial charge in [-0.2, -0.15) is 9.97 Å². The number of aromatic nitrogens is 2. The molecule has 2 aliphatic heterocycles. The van der Waals surface area contributed by atoms with Gasteiger partial charge >= 0.3 is 6.01 Å². The van der Waals surface area contributed by atoms with Gasteiger partial charge in [-0.15, -0.1) is 0 Å². The predicted molar refractivity (Wildman–Crippen MR) is 215 cm³/mol. The van der Waals surface area contributed by atoms with Crippen LogP contribution in [0, 0.1) is 13.8 Å². The molecule has 57 heavy (non-hydrogen) atoms. The van der Waals surface area contributed by atoms with Crippen molar-refractivity contribution in [3.8, 4) is 11.9 Å². The van der Waals surface area contributed by atoms with Gasteiger partial charge in [0.1, 0.15) is 12.3 Å². The minimum atomic E-state index is -4.33. The van der Waals surface area contributed by atoms with E-state index in [-0.39, 0.29) is 32.4 Å². The maximum absolute atomic E-state index is 15.0. The molecule has 0 saturated carbocycles. The number of benzene rings is 5. The fraction of sp³-hybridized carbons (Fsp3) is 0.150. The van der Waals surface area contributed by atoms with Gasteiger partial charge in [0.25, 0.3) is 30.1 Å². The van der Waals surface area contributed by atoms with E-state index in [0.29, 0.717) is 28.2 Å². The zero-order valence-electron chi connectivity index (χ0n) is 31.0. The number of rotatable bonds is 10. The number of nitrogens with zero attached hydrogens (tertiary/aromatic N) is 5. The Labute approximate surface area is 331 Å². The van der Waals surface area contributed by atoms with Crippen molar-refractivity contribution in [2.75, 3.05) is 32.5 Å². The molecule has 3 heterocycles. The van der Waals surface area contributed by atoms with Crippen LogP contribution in [0.1, 0.15) is 34.6 Å². The minimum Gasteiger partial charge on any atom is -0.481 e. The minimum absolute atomic E-state index is 0.0407. The maximum Gasteiger partial charge on any atom is 0.321 e. The quantitative estimate of drug-likeness (QED) is 0.159. The number of aryl methyl sites for hydroxylation is 2. The van der Waals surface area contributed by atoms with Gasteiger partial charge in [0.2, 0.25) is 5.88 Å². The first kappa shape index (κ1) is 37.7. The number of anilines is 4. The monoisotopic (exact) mass is 824 g/mol. The Morgan fingerprint density at radius 1 is 0.561 bits per heavy atom. The van der Waals surface area contributed by atoms with Crippen LogP contribution in [-0.4, -0.2) is 49.4 Å². The molecule has 0 aliphatic carbocycles. The first-order valence-corrected chi connectivity index (χ1v) is 21.9. The predicted octanol–water partition coefficient (Wildman–Crippen LogP) is 6.53. The summed E-state index contributed by atoms with van der Waals surface area (Å²) in [7, 11) is -10.2. The Bertz CT molecular complexity index is 2690. The molecule has 0 unspecified atom stereocenters. The zero-order chi connectivity index (χ0) is 40.3. The van der Waals surface area contributed by atoms with Gasteiger partial charge in [0.05, 0.1) is 40.3 Å². The summed E-state index contributed by atoms with van der Waals surface area (Å²) >= 11 is 0. The molecule has 8 rings (SSSR count). The Morgan fingerprint density at radius 3 is 1.47 bits per heavy atom. The van der Waals surface area contributed by atoms with E-state index in [1.165, 1.54) is 53.2 Å². The largest absolute Gasteiger partial charge is 0.481 e. The van der Waals surface area contributed by atoms with E-state index in [4.69, 9.17) is 9.47 Å². The lowest BCUT2D eigenvalue weighted by atomic mass is 9.95. The molecule has 5 aromatic carbocycles. The third-order valence-corrected chi connectivity index (χ3v) is 14.7. The van der Waals surface area contributed by atoms with Crippen molar-refractivity contribution in [2.24, 2.45) is 0 Å². The lowest BCUT2D eigenvalue weighted by Crippen LogP contribution is -2.59. The van der Waals surface area contributed by atoms with Crippen LogP contribution in [0.15, 0.2) is 142 Å². The van der Waals surface area contributed by atoms with Crippen LogP contribution in [0.5, 0.6) is 11.9 Å². The molecule has 0 saturated heterocycles. The highest BCUT2D eigenvalue weighted by Crippen LogP contribution is 2.57. The summed E-state index contributed by atoms with van der Waals surface area (Å²) in [5.74, 6) is -0.0298. The number of methoxy groups -OCH3 is 2. The SMILES string of the molecule is COc1cc(NS(=O)(=O)c2ccc(N3[C@H]4c5ccccc5N(S(=O)(=O)c5ccc(C)cc5)[C@H]3c3ccccc3N4S(=O)(=O)c3ccc(C)cc3)cc2)nc(OC)n1. The van der Waals surface area contributed by atoms with Gasteiger partial charge < -0.3 is 14.4 Å². The highest BCUT2D eigenvalue weighted by molar-refractivity contribution is 7.93. The third kappa shape index (κ3) is 6.46. The lowest BCUT2D eigenvalue weighted by Gasteiger charge is -2.56. The van der Waals surface area contributed by atoms with E-state index in [1.807, 2.05) is 13.8 Å². The van der Waals surface area contributed by atoms with Crippen molar-refractivity contribution in [3.63, 3.8) is 0 Å². The number of para-hydroxylation sites is 2. The van der Waals surface area contributed by atoms with Crippen molar-refractivity contribution in [2.45, 2.75) is 40.9 Å². The molecule has 292 valence electrons. The Kier molecular flexibility index (Phi) is 9.33. The molecule has 0 spiro atoms. The summed E-state index contributed by atoms with van der Waals surface area (Å²) in [6.45, 7) is 3.72. The summed E-state index contributed by atoms with van der Waals surface area (Å²) in [4.78, 5) is 9.70. The topological polar surface area (TPSA) is 168 Å². The molecule has 0 fully saturated rings. The number of sulfonamides is 3. The first-order chi connectivity index (χ1) is 27.2. The summed E-state index contributed by atoms with van der Waals surface area (Å²) in [5, 5.41) is 0. The number of nitrogens with one attached hydrogen (secondary N) is 1. The van der Waals surface area contributed by atoms with E-state index >= 15 is 0 Å². The molecule has 6 aromatic rings. The van der Waals surface area contributed by atoms with Crippen LogP contribution in [-0.2, 0) is 30.1 Å². The zero-order valence-corrected chi connectivity index (χ0v) is 33.5. The molecule has 1 aromatic heterocycles. The molecular weight excluding hydrogens is 789 g/mol. The second kappa shape index (κ2) is 14.1. The van der Waals surface area contributed by atoms with Crippen LogP contribution in [0.25, 0.3) is 0 Å². The molecule has 2 bridgehead atoms. The standard InChI is InChI=1S/C40H36N6O8S3/c1-26-13-19-30(20-14-26)56(49,50)45-34-11-7-5-9-32(34)39-44(28-17-23-29(24-18-28)55(47,48)43-36-25-37(53-3)42-40(41-36)54-4)38(45)33-10-6-8-12-35(33)46(39)57(51,52)31-21-15-27(2)16-22-31/h5-25,38-39H,1-4H3,(H,41,42,43)/t38-,39+. The molecule has 1 N–H and O–H groups in total. The molecular formula is C40H36N6O8S3. The highest BCUT2D eigenvalue weighted by atomic mass is 32.2. The van der Waals surface area contributed by atoms with Crippen LogP contribution < -0.4 is 27.7 Å². The van der Waals surface area contributed by atoms with E-state index < -0.39 is 42.4 Å². The molecule has 17 heteroatoms. The summed E-state index contributed by atoms with van der Waals surface area (Å²) < 4.78 is 103. The van der Waals surface area contributed by atoms with Crippen molar-refractivity contribution < 1.29 is 34.7 Å². The fourth-order valence-corrected chi connectivity index (χ4v) is 11.3. The van der Waals surface area contributed by atoms with E-state index in [1.54, 1.807) is 102 Å². The lowest BCUT2D eigenvalue weighted by molar-refractivity contribution is 0.353. The van der Waals surface area contributed by atoms with Crippen molar-refractivity contribution in [1.29, 1.82) is 0 Å². The summed E-state index contributed by atoms with van der Waals surface area (Å²) in [5.41, 5.74) is 3.45. The van der Waals surface area contributed by atoms with E-state index in [9.17, 15) is 25.3 Å². The second-order valence-corrected chi connectivity index (χ2v) is 18.7. The fourth-order valence-electron chi connectivity index (χ4n) is 7.09. The van der Waals surface area contributed by atoms with Crippen LogP contribution in [0.2, 0.25) is 0 Å². The van der Waals surface area contributed by atoms with Crippen LogP contribution >= 0.6 is 0 Å². The van der Waals surface area contributed by atoms with Gasteiger partial charge in [0.15, 0.2) is 5.82 Å². The van der Waals surface area contributed by atoms with Crippen LogP contribution in [0.3, 0.4) is 0 Å². The molecule has 0 amide bonds. The normalized spacial score (nSPS) is 16.4. The van der Waals surface area contributed by atoms with Crippen molar-refractivity contribution in [1.82, 2.24) is 9.97 Å². The van der Waals surface area contributed by atoms with Gasteiger partial charge in [0, 0.05) is 22.9 Å².